The van der Waals surface area contributed by atoms with E-state index in [1.54, 1.807) is 31.4 Å². The Morgan fingerprint density at radius 1 is 1.15 bits per heavy atom. The van der Waals surface area contributed by atoms with E-state index in [2.05, 4.69) is 20.6 Å². The van der Waals surface area contributed by atoms with Crippen molar-refractivity contribution in [2.75, 3.05) is 10.6 Å². The highest BCUT2D eigenvalue weighted by Crippen LogP contribution is 2.36. The summed E-state index contributed by atoms with van der Waals surface area (Å²) in [6.45, 7) is 2.14. The van der Waals surface area contributed by atoms with Gasteiger partial charge in [0.1, 0.15) is 11.6 Å². The molecule has 0 bridgehead atoms. The lowest BCUT2D eigenvalue weighted by Crippen LogP contribution is -2.08. The van der Waals surface area contributed by atoms with E-state index in [4.69, 9.17) is 16.0 Å². The topological polar surface area (TPSA) is 63.0 Å². The van der Waals surface area contributed by atoms with Crippen LogP contribution in [0.5, 0.6) is 0 Å². The Balaban J connectivity index is 1.79. The maximum absolute atomic E-state index is 13.0. The fourth-order valence-electron chi connectivity index (χ4n) is 2.26. The Labute approximate surface area is 152 Å². The van der Waals surface area contributed by atoms with Gasteiger partial charge < -0.3 is 15.1 Å². The van der Waals surface area contributed by atoms with Gasteiger partial charge in [-0.1, -0.05) is 11.6 Å². The summed E-state index contributed by atoms with van der Waals surface area (Å²) in [4.78, 5) is 8.49. The second-order valence-corrected chi connectivity index (χ2v) is 5.88. The van der Waals surface area contributed by atoms with E-state index in [-0.39, 0.29) is 10.7 Å². The van der Waals surface area contributed by atoms with E-state index in [0.29, 0.717) is 29.8 Å². The van der Waals surface area contributed by atoms with Crippen molar-refractivity contribution >= 4 is 29.1 Å². The molecule has 2 N–H and O–H groups in total. The molecule has 2 aromatic heterocycles. The molecular formula is C17H14ClF3N4O. The van der Waals surface area contributed by atoms with Crippen LogP contribution in [0, 0.1) is 6.92 Å². The number of hydrogen-bond donors (Lipinski definition) is 2. The molecule has 0 fully saturated rings. The van der Waals surface area contributed by atoms with Gasteiger partial charge in [0.25, 0.3) is 0 Å². The number of alkyl halides is 3. The summed E-state index contributed by atoms with van der Waals surface area (Å²) in [7, 11) is 0. The van der Waals surface area contributed by atoms with Crippen molar-refractivity contribution in [3.8, 4) is 0 Å². The molecule has 0 saturated carbocycles. The van der Waals surface area contributed by atoms with Crippen molar-refractivity contribution in [2.24, 2.45) is 0 Å². The van der Waals surface area contributed by atoms with Crippen molar-refractivity contribution in [2.45, 2.75) is 19.6 Å². The van der Waals surface area contributed by atoms with E-state index >= 15 is 0 Å². The van der Waals surface area contributed by atoms with Crippen LogP contribution in [0.1, 0.15) is 17.0 Å². The molecule has 5 nitrogen and oxygen atoms in total. The van der Waals surface area contributed by atoms with Crippen LogP contribution < -0.4 is 10.6 Å². The number of anilines is 3. The van der Waals surface area contributed by atoms with Gasteiger partial charge in [0.2, 0.25) is 5.95 Å². The molecule has 1 aromatic carbocycles. The lowest BCUT2D eigenvalue weighted by atomic mass is 10.2. The van der Waals surface area contributed by atoms with Crippen molar-refractivity contribution < 1.29 is 17.6 Å². The van der Waals surface area contributed by atoms with E-state index in [1.165, 1.54) is 12.1 Å². The first kappa shape index (κ1) is 18.1. The monoisotopic (exact) mass is 382 g/mol. The van der Waals surface area contributed by atoms with Crippen LogP contribution in [0.4, 0.5) is 30.6 Å². The highest BCUT2D eigenvalue weighted by Gasteiger charge is 2.33. The van der Waals surface area contributed by atoms with Gasteiger partial charge in [-0.25, -0.2) is 4.98 Å². The van der Waals surface area contributed by atoms with Crippen LogP contribution in [0.3, 0.4) is 0 Å². The molecule has 0 aliphatic carbocycles. The van der Waals surface area contributed by atoms with Crippen LogP contribution in [0.15, 0.2) is 47.1 Å². The number of furan rings is 1. The molecule has 3 aromatic rings. The molecule has 136 valence electrons. The molecule has 0 atom stereocenters. The zero-order valence-electron chi connectivity index (χ0n) is 13.6. The molecule has 2 heterocycles. The molecule has 0 aliphatic heterocycles. The number of hydrogen-bond acceptors (Lipinski definition) is 5. The van der Waals surface area contributed by atoms with Gasteiger partial charge in [0.05, 0.1) is 23.4 Å². The maximum Gasteiger partial charge on any atom is 0.417 e. The fourth-order valence-corrected chi connectivity index (χ4v) is 2.48. The normalized spacial score (nSPS) is 11.4. The highest BCUT2D eigenvalue weighted by atomic mass is 35.5. The third-order valence-electron chi connectivity index (χ3n) is 3.40. The highest BCUT2D eigenvalue weighted by molar-refractivity contribution is 6.31. The lowest BCUT2D eigenvalue weighted by molar-refractivity contribution is -0.137. The van der Waals surface area contributed by atoms with E-state index in [1.807, 2.05) is 0 Å². The summed E-state index contributed by atoms with van der Waals surface area (Å²) in [5.74, 6) is 1.39. The second-order valence-electron chi connectivity index (χ2n) is 5.47. The van der Waals surface area contributed by atoms with Crippen LogP contribution >= 0.6 is 11.6 Å². The first-order valence-corrected chi connectivity index (χ1v) is 7.95. The molecule has 0 aliphatic rings. The molecule has 0 radical (unpaired) electrons. The van der Waals surface area contributed by atoms with Gasteiger partial charge in [-0.3, -0.25) is 0 Å². The van der Waals surface area contributed by atoms with Gasteiger partial charge in [-0.05, 0) is 37.3 Å². The molecule has 26 heavy (non-hydrogen) atoms. The Bertz CT molecular complexity index is 898. The van der Waals surface area contributed by atoms with Crippen molar-refractivity contribution in [3.05, 3.63) is 64.7 Å². The van der Waals surface area contributed by atoms with E-state index in [0.717, 1.165) is 6.07 Å². The largest absolute Gasteiger partial charge is 0.467 e. The minimum absolute atomic E-state index is 0.219. The number of aromatic nitrogens is 2. The number of halogens is 4. The predicted molar refractivity (Wildman–Crippen MR) is 92.5 cm³/mol. The Morgan fingerprint density at radius 2 is 1.96 bits per heavy atom. The molecule has 0 saturated heterocycles. The van der Waals surface area contributed by atoms with Gasteiger partial charge >= 0.3 is 6.18 Å². The molecule has 0 unspecified atom stereocenters. The zero-order valence-corrected chi connectivity index (χ0v) is 14.3. The average molecular weight is 383 g/mol. The summed E-state index contributed by atoms with van der Waals surface area (Å²) in [5.41, 5.74) is -0.0441. The summed E-state index contributed by atoms with van der Waals surface area (Å²) in [6.07, 6.45) is -2.98. The SMILES string of the molecule is Cc1cc(Nc2ccc(Cl)c(C(F)(F)F)c2)nc(NCc2ccco2)n1. The third-order valence-corrected chi connectivity index (χ3v) is 3.73. The Morgan fingerprint density at radius 3 is 2.65 bits per heavy atom. The summed E-state index contributed by atoms with van der Waals surface area (Å²) in [5, 5.41) is 5.49. The van der Waals surface area contributed by atoms with Crippen molar-refractivity contribution in [1.82, 2.24) is 9.97 Å². The average Bonchev–Trinajstić information content (AvgIpc) is 3.07. The number of nitrogens with zero attached hydrogens (tertiary/aromatic N) is 2. The van der Waals surface area contributed by atoms with E-state index in [9.17, 15) is 13.2 Å². The first-order valence-electron chi connectivity index (χ1n) is 7.57. The van der Waals surface area contributed by atoms with Gasteiger partial charge in [0, 0.05) is 17.4 Å². The van der Waals surface area contributed by atoms with Crippen molar-refractivity contribution in [3.63, 3.8) is 0 Å². The van der Waals surface area contributed by atoms with E-state index < -0.39 is 11.7 Å². The van der Waals surface area contributed by atoms with Gasteiger partial charge in [-0.15, -0.1) is 0 Å². The molecule has 0 spiro atoms. The minimum Gasteiger partial charge on any atom is -0.467 e. The van der Waals surface area contributed by atoms with Crippen LogP contribution in [-0.4, -0.2) is 9.97 Å². The first-order chi connectivity index (χ1) is 12.3. The quantitative estimate of drug-likeness (QED) is 0.618. The van der Waals surface area contributed by atoms with Crippen LogP contribution in [0.25, 0.3) is 0 Å². The summed E-state index contributed by atoms with van der Waals surface area (Å²) < 4.78 is 44.1. The van der Waals surface area contributed by atoms with Gasteiger partial charge in [-0.2, -0.15) is 18.2 Å². The maximum atomic E-state index is 13.0. The zero-order chi connectivity index (χ0) is 18.7. The van der Waals surface area contributed by atoms with Gasteiger partial charge in [0.15, 0.2) is 0 Å². The predicted octanol–water partition coefficient (Wildman–Crippen LogP) is 5.41. The Kier molecular flexibility index (Phi) is 5.03. The second kappa shape index (κ2) is 7.25. The molecule has 3 rings (SSSR count). The summed E-state index contributed by atoms with van der Waals surface area (Å²) >= 11 is 5.63. The molecular weight excluding hydrogens is 369 g/mol. The van der Waals surface area contributed by atoms with Crippen molar-refractivity contribution in [1.29, 1.82) is 0 Å². The minimum atomic E-state index is -4.54. The molecule has 9 heteroatoms. The molecule has 0 amide bonds. The third kappa shape index (κ3) is 4.45. The number of rotatable bonds is 5. The number of benzene rings is 1. The number of aryl methyl sites for hydroxylation is 1. The lowest BCUT2D eigenvalue weighted by Gasteiger charge is -2.13. The Hall–Kier alpha value is -2.74. The number of nitrogens with one attached hydrogen (secondary N) is 2. The van der Waals surface area contributed by atoms with Crippen LogP contribution in [-0.2, 0) is 12.7 Å². The fraction of sp³-hybridized carbons (Fsp3) is 0.176. The smallest absolute Gasteiger partial charge is 0.417 e. The van der Waals surface area contributed by atoms with Crippen LogP contribution in [0.2, 0.25) is 5.02 Å². The summed E-state index contributed by atoms with van der Waals surface area (Å²) in [6, 6.07) is 8.77. The standard InChI is InChI=1S/C17H14ClF3N4O/c1-10-7-15(25-16(23-10)22-9-12-3-2-6-26-12)24-11-4-5-14(18)13(8-11)17(19,20)21/h2-8H,9H2,1H3,(H2,22,23,24,25).